The Labute approximate surface area is 127 Å². The third-order valence-corrected chi connectivity index (χ3v) is 5.55. The molecule has 0 spiro atoms. The molecular formula is C18H27NO2. The van der Waals surface area contributed by atoms with E-state index in [0.29, 0.717) is 5.78 Å². The van der Waals surface area contributed by atoms with E-state index in [1.54, 1.807) is 0 Å². The van der Waals surface area contributed by atoms with Crippen LogP contribution in [0.15, 0.2) is 11.6 Å². The number of Topliss-reactive ketones (excluding diaryl/α,β-unsaturated/α-hetero) is 1. The maximum absolute atomic E-state index is 12.3. The van der Waals surface area contributed by atoms with Gasteiger partial charge in [-0.15, -0.1) is 0 Å². The first-order valence-corrected chi connectivity index (χ1v) is 8.73. The van der Waals surface area contributed by atoms with Gasteiger partial charge in [-0.25, -0.2) is 0 Å². The Balaban J connectivity index is 1.45. The monoisotopic (exact) mass is 289 g/mol. The van der Waals surface area contributed by atoms with Crippen molar-refractivity contribution in [3.63, 3.8) is 0 Å². The SMILES string of the molecule is O=C(NCCC1=CCCCC1)C1CC2CCCC(C1)C2=O. The molecule has 0 saturated heterocycles. The van der Waals surface area contributed by atoms with Crippen molar-refractivity contribution in [3.8, 4) is 0 Å². The molecule has 3 rings (SSSR count). The smallest absolute Gasteiger partial charge is 0.223 e. The first-order valence-electron chi connectivity index (χ1n) is 8.73. The van der Waals surface area contributed by atoms with Crippen LogP contribution in [-0.2, 0) is 9.59 Å². The highest BCUT2D eigenvalue weighted by Gasteiger charge is 2.41. The first-order chi connectivity index (χ1) is 10.2. The fourth-order valence-electron chi connectivity index (χ4n) is 4.32. The van der Waals surface area contributed by atoms with Gasteiger partial charge in [0.2, 0.25) is 5.91 Å². The molecule has 0 aromatic heterocycles. The predicted molar refractivity (Wildman–Crippen MR) is 82.7 cm³/mol. The molecule has 2 unspecified atom stereocenters. The van der Waals surface area contributed by atoms with Crippen LogP contribution >= 0.6 is 0 Å². The molecule has 2 bridgehead atoms. The fourth-order valence-corrected chi connectivity index (χ4v) is 4.32. The minimum absolute atomic E-state index is 0.0818. The van der Waals surface area contributed by atoms with Crippen LogP contribution in [0.1, 0.15) is 64.2 Å². The molecule has 2 saturated carbocycles. The Kier molecular flexibility index (Phi) is 4.77. The van der Waals surface area contributed by atoms with Gasteiger partial charge in [0, 0.05) is 24.3 Å². The van der Waals surface area contributed by atoms with Crippen molar-refractivity contribution in [3.05, 3.63) is 11.6 Å². The number of nitrogens with one attached hydrogen (secondary N) is 1. The third-order valence-electron chi connectivity index (χ3n) is 5.55. The van der Waals surface area contributed by atoms with Gasteiger partial charge in [0.1, 0.15) is 5.78 Å². The number of allylic oxidation sites excluding steroid dienone is 1. The number of carbonyl (C=O) groups excluding carboxylic acids is 2. The van der Waals surface area contributed by atoms with E-state index in [9.17, 15) is 9.59 Å². The summed E-state index contributed by atoms with van der Waals surface area (Å²) in [4.78, 5) is 24.4. The lowest BCUT2D eigenvalue weighted by Gasteiger charge is -2.37. The highest BCUT2D eigenvalue weighted by Crippen LogP contribution is 2.40. The third kappa shape index (κ3) is 3.56. The van der Waals surface area contributed by atoms with Crippen LogP contribution < -0.4 is 5.32 Å². The molecular weight excluding hydrogens is 262 g/mol. The minimum atomic E-state index is 0.0818. The zero-order chi connectivity index (χ0) is 14.7. The van der Waals surface area contributed by atoms with Crippen LogP contribution in [0, 0.1) is 17.8 Å². The highest BCUT2D eigenvalue weighted by atomic mass is 16.2. The van der Waals surface area contributed by atoms with Gasteiger partial charge in [0.25, 0.3) is 0 Å². The maximum atomic E-state index is 12.3. The second-order valence-corrected chi connectivity index (χ2v) is 7.04. The number of ketones is 1. The molecule has 2 fully saturated rings. The maximum Gasteiger partial charge on any atom is 0.223 e. The average Bonchev–Trinajstić information content (AvgIpc) is 2.48. The summed E-state index contributed by atoms with van der Waals surface area (Å²) in [5.41, 5.74) is 1.51. The predicted octanol–water partition coefficient (Wildman–Crippen LogP) is 3.39. The zero-order valence-corrected chi connectivity index (χ0v) is 12.9. The summed E-state index contributed by atoms with van der Waals surface area (Å²) in [6.07, 6.45) is 13.1. The molecule has 2 atom stereocenters. The fraction of sp³-hybridized carbons (Fsp3) is 0.778. The van der Waals surface area contributed by atoms with Crippen LogP contribution in [-0.4, -0.2) is 18.2 Å². The van der Waals surface area contributed by atoms with Crippen LogP contribution in [0.2, 0.25) is 0 Å². The number of carbonyl (C=O) groups is 2. The second-order valence-electron chi connectivity index (χ2n) is 7.04. The van der Waals surface area contributed by atoms with Crippen LogP contribution in [0.4, 0.5) is 0 Å². The molecule has 21 heavy (non-hydrogen) atoms. The Morgan fingerprint density at radius 3 is 2.57 bits per heavy atom. The van der Waals surface area contributed by atoms with E-state index < -0.39 is 0 Å². The van der Waals surface area contributed by atoms with E-state index in [0.717, 1.165) is 38.6 Å². The number of hydrogen-bond acceptors (Lipinski definition) is 2. The lowest BCUT2D eigenvalue weighted by atomic mass is 9.67. The van der Waals surface area contributed by atoms with Crippen molar-refractivity contribution in [1.29, 1.82) is 0 Å². The lowest BCUT2D eigenvalue weighted by molar-refractivity contribution is -0.137. The van der Waals surface area contributed by atoms with E-state index in [-0.39, 0.29) is 23.7 Å². The quantitative estimate of drug-likeness (QED) is 0.806. The van der Waals surface area contributed by atoms with Crippen molar-refractivity contribution >= 4 is 11.7 Å². The second kappa shape index (κ2) is 6.76. The molecule has 0 aromatic carbocycles. The molecule has 0 aromatic rings. The number of fused-ring (bicyclic) bond motifs is 2. The first kappa shape index (κ1) is 14.8. The van der Waals surface area contributed by atoms with Crippen molar-refractivity contribution in [1.82, 2.24) is 5.32 Å². The van der Waals surface area contributed by atoms with Crippen LogP contribution in [0.5, 0.6) is 0 Å². The summed E-state index contributed by atoms with van der Waals surface area (Å²) in [5.74, 6) is 1.07. The minimum Gasteiger partial charge on any atom is -0.356 e. The van der Waals surface area contributed by atoms with Crippen molar-refractivity contribution in [2.24, 2.45) is 17.8 Å². The molecule has 0 radical (unpaired) electrons. The van der Waals surface area contributed by atoms with E-state index in [2.05, 4.69) is 11.4 Å². The Morgan fingerprint density at radius 2 is 1.90 bits per heavy atom. The van der Waals surface area contributed by atoms with Crippen molar-refractivity contribution in [2.45, 2.75) is 64.2 Å². The molecule has 3 aliphatic carbocycles. The van der Waals surface area contributed by atoms with Gasteiger partial charge in [-0.1, -0.05) is 18.1 Å². The number of rotatable bonds is 4. The van der Waals surface area contributed by atoms with Gasteiger partial charge < -0.3 is 5.32 Å². The molecule has 3 aliphatic rings. The summed E-state index contributed by atoms with van der Waals surface area (Å²) in [6.45, 7) is 0.768. The molecule has 1 amide bonds. The van der Waals surface area contributed by atoms with E-state index in [4.69, 9.17) is 0 Å². The molecule has 0 heterocycles. The van der Waals surface area contributed by atoms with E-state index in [1.165, 1.54) is 37.7 Å². The molecule has 3 nitrogen and oxygen atoms in total. The van der Waals surface area contributed by atoms with Gasteiger partial charge in [-0.05, 0) is 57.8 Å². The summed E-state index contributed by atoms with van der Waals surface area (Å²) in [6, 6.07) is 0. The largest absolute Gasteiger partial charge is 0.356 e. The van der Waals surface area contributed by atoms with Gasteiger partial charge in [0.15, 0.2) is 0 Å². The highest BCUT2D eigenvalue weighted by molar-refractivity contribution is 5.88. The Bertz CT molecular complexity index is 424. The summed E-state index contributed by atoms with van der Waals surface area (Å²) >= 11 is 0. The van der Waals surface area contributed by atoms with Crippen molar-refractivity contribution < 1.29 is 9.59 Å². The summed E-state index contributed by atoms with van der Waals surface area (Å²) in [7, 11) is 0. The van der Waals surface area contributed by atoms with Crippen LogP contribution in [0.25, 0.3) is 0 Å². The average molecular weight is 289 g/mol. The van der Waals surface area contributed by atoms with E-state index in [1.807, 2.05) is 0 Å². The molecule has 1 N–H and O–H groups in total. The van der Waals surface area contributed by atoms with Crippen molar-refractivity contribution in [2.75, 3.05) is 6.54 Å². The Morgan fingerprint density at radius 1 is 1.14 bits per heavy atom. The Hall–Kier alpha value is -1.12. The zero-order valence-electron chi connectivity index (χ0n) is 12.9. The van der Waals surface area contributed by atoms with Gasteiger partial charge in [-0.3, -0.25) is 9.59 Å². The summed E-state index contributed by atoms with van der Waals surface area (Å²) < 4.78 is 0. The molecule has 3 heteroatoms. The molecule has 116 valence electrons. The standard InChI is InChI=1S/C18H27NO2/c20-17-14-7-4-8-15(17)12-16(11-14)18(21)19-10-9-13-5-2-1-3-6-13/h5,14-16H,1-4,6-12H2,(H,19,21). The molecule has 0 aliphatic heterocycles. The lowest BCUT2D eigenvalue weighted by Crippen LogP contribution is -2.42. The topological polar surface area (TPSA) is 46.2 Å². The van der Waals surface area contributed by atoms with Gasteiger partial charge in [-0.2, -0.15) is 0 Å². The van der Waals surface area contributed by atoms with Gasteiger partial charge >= 0.3 is 0 Å². The number of amides is 1. The van der Waals surface area contributed by atoms with E-state index >= 15 is 0 Å². The van der Waals surface area contributed by atoms with Gasteiger partial charge in [0.05, 0.1) is 0 Å². The summed E-state index contributed by atoms with van der Waals surface area (Å²) in [5, 5.41) is 3.11. The number of hydrogen-bond donors (Lipinski definition) is 1. The van der Waals surface area contributed by atoms with Crippen LogP contribution in [0.3, 0.4) is 0 Å². The normalized spacial score (nSPS) is 32.5.